The third kappa shape index (κ3) is 5.22. The second-order valence-corrected chi connectivity index (χ2v) is 7.41. The van der Waals surface area contributed by atoms with Crippen LogP contribution in [0.1, 0.15) is 36.2 Å². The maximum atomic E-state index is 12.7. The molecule has 7 nitrogen and oxygen atoms in total. The second kappa shape index (κ2) is 9.36. The second-order valence-electron chi connectivity index (χ2n) is 7.41. The van der Waals surface area contributed by atoms with Crippen LogP contribution >= 0.6 is 0 Å². The van der Waals surface area contributed by atoms with E-state index < -0.39 is 11.7 Å². The van der Waals surface area contributed by atoms with Crippen LogP contribution in [0.15, 0.2) is 34.1 Å². The Morgan fingerprint density at radius 1 is 1.27 bits per heavy atom. The van der Waals surface area contributed by atoms with Gasteiger partial charge in [-0.05, 0) is 37.0 Å². The molecule has 0 bridgehead atoms. The van der Waals surface area contributed by atoms with Gasteiger partial charge in [-0.2, -0.15) is 18.3 Å². The fraction of sp³-hybridized carbons (Fsp3) is 0.550. The van der Waals surface area contributed by atoms with Crippen LogP contribution in [0.5, 0.6) is 0 Å². The Kier molecular flexibility index (Phi) is 6.84. The predicted octanol–water partition coefficient (Wildman–Crippen LogP) is 2.50. The van der Waals surface area contributed by atoms with Crippen molar-refractivity contribution in [1.29, 1.82) is 0 Å². The van der Waals surface area contributed by atoms with Gasteiger partial charge in [0.2, 0.25) is 0 Å². The molecule has 0 radical (unpaired) electrons. The van der Waals surface area contributed by atoms with Gasteiger partial charge < -0.3 is 10.2 Å². The molecule has 0 atom stereocenters. The molecular formula is C20H27F3N6O. The number of benzene rings is 1. The van der Waals surface area contributed by atoms with Crippen LogP contribution in [0.2, 0.25) is 0 Å². The number of fused-ring (bicyclic) bond motifs is 1. The summed E-state index contributed by atoms with van der Waals surface area (Å²) in [4.78, 5) is 18.4. The number of aryl methyl sites for hydroxylation is 2. The Hall–Kier alpha value is -2.78. The molecule has 3 rings (SSSR count). The van der Waals surface area contributed by atoms with Crippen LogP contribution in [0.4, 0.5) is 13.2 Å². The van der Waals surface area contributed by atoms with Crippen molar-refractivity contribution in [1.82, 2.24) is 24.6 Å². The first-order valence-corrected chi connectivity index (χ1v) is 10.0. The summed E-state index contributed by atoms with van der Waals surface area (Å²) in [6.07, 6.45) is -0.703. The highest BCUT2D eigenvalue weighted by Gasteiger charge is 2.30. The Bertz CT molecular complexity index is 929. The van der Waals surface area contributed by atoms with E-state index in [0.717, 1.165) is 49.3 Å². The number of guanidine groups is 1. The van der Waals surface area contributed by atoms with Gasteiger partial charge in [-0.3, -0.25) is 9.56 Å². The number of nitrogens with one attached hydrogen (secondary N) is 1. The van der Waals surface area contributed by atoms with Gasteiger partial charge >= 0.3 is 11.9 Å². The average molecular weight is 424 g/mol. The SMILES string of the molecule is CN=C(NCCCn1nc2n(c1=O)CCCC2)N(C)Cc1ccc(C(F)(F)F)cc1. The van der Waals surface area contributed by atoms with E-state index in [-0.39, 0.29) is 5.69 Å². The zero-order valence-corrected chi connectivity index (χ0v) is 17.2. The zero-order chi connectivity index (χ0) is 21.7. The predicted molar refractivity (Wildman–Crippen MR) is 108 cm³/mol. The van der Waals surface area contributed by atoms with Crippen molar-refractivity contribution in [3.05, 3.63) is 51.7 Å². The van der Waals surface area contributed by atoms with E-state index in [2.05, 4.69) is 15.4 Å². The smallest absolute Gasteiger partial charge is 0.356 e. The first-order chi connectivity index (χ1) is 14.3. The molecular weight excluding hydrogens is 397 g/mol. The lowest BCUT2D eigenvalue weighted by Crippen LogP contribution is -2.39. The van der Waals surface area contributed by atoms with E-state index >= 15 is 0 Å². The van der Waals surface area contributed by atoms with E-state index in [1.54, 1.807) is 11.6 Å². The monoisotopic (exact) mass is 424 g/mol. The molecule has 0 fully saturated rings. The lowest BCUT2D eigenvalue weighted by atomic mass is 10.1. The third-order valence-corrected chi connectivity index (χ3v) is 5.14. The number of nitrogens with zero attached hydrogens (tertiary/aromatic N) is 5. The highest BCUT2D eigenvalue weighted by Crippen LogP contribution is 2.29. The van der Waals surface area contributed by atoms with Gasteiger partial charge in [0.15, 0.2) is 5.96 Å². The summed E-state index contributed by atoms with van der Waals surface area (Å²) in [6.45, 7) is 2.28. The molecule has 164 valence electrons. The van der Waals surface area contributed by atoms with Crippen molar-refractivity contribution in [2.45, 2.75) is 51.5 Å². The Labute approximate surface area is 173 Å². The molecule has 0 unspecified atom stereocenters. The number of aromatic nitrogens is 3. The van der Waals surface area contributed by atoms with Crippen molar-refractivity contribution in [3.63, 3.8) is 0 Å². The fourth-order valence-corrected chi connectivity index (χ4v) is 3.56. The molecule has 0 amide bonds. The standard InChI is InChI=1S/C20H27F3N6O/c1-24-18(27(2)14-15-7-9-16(10-8-15)20(21,22)23)25-11-5-13-29-19(30)28-12-4-3-6-17(28)26-29/h7-10H,3-6,11-14H2,1-2H3,(H,24,25). The zero-order valence-electron chi connectivity index (χ0n) is 17.2. The highest BCUT2D eigenvalue weighted by molar-refractivity contribution is 5.79. The molecule has 1 aromatic carbocycles. The molecule has 1 aromatic heterocycles. The molecule has 30 heavy (non-hydrogen) atoms. The normalized spacial score (nSPS) is 14.5. The highest BCUT2D eigenvalue weighted by atomic mass is 19.4. The number of hydrogen-bond acceptors (Lipinski definition) is 3. The molecule has 2 heterocycles. The summed E-state index contributed by atoms with van der Waals surface area (Å²) in [6, 6.07) is 5.11. The van der Waals surface area contributed by atoms with Crippen LogP contribution in [-0.4, -0.2) is 45.8 Å². The van der Waals surface area contributed by atoms with E-state index in [4.69, 9.17) is 0 Å². The molecule has 1 aliphatic rings. The molecule has 0 spiro atoms. The summed E-state index contributed by atoms with van der Waals surface area (Å²) in [5.41, 5.74) is 0.0460. The molecule has 0 saturated heterocycles. The lowest BCUT2D eigenvalue weighted by molar-refractivity contribution is -0.137. The topological polar surface area (TPSA) is 67.5 Å². The minimum atomic E-state index is -4.33. The Morgan fingerprint density at radius 2 is 2.00 bits per heavy atom. The molecule has 10 heteroatoms. The van der Waals surface area contributed by atoms with Crippen LogP contribution in [0.3, 0.4) is 0 Å². The Balaban J connectivity index is 1.48. The van der Waals surface area contributed by atoms with E-state index in [0.29, 0.717) is 32.0 Å². The van der Waals surface area contributed by atoms with E-state index in [1.807, 2.05) is 11.9 Å². The summed E-state index contributed by atoms with van der Waals surface area (Å²) in [7, 11) is 3.47. The van der Waals surface area contributed by atoms with Gasteiger partial charge in [0, 0.05) is 46.7 Å². The minimum Gasteiger partial charge on any atom is -0.356 e. The summed E-state index contributed by atoms with van der Waals surface area (Å²) in [5, 5.41) is 7.64. The number of halogens is 3. The van der Waals surface area contributed by atoms with Gasteiger partial charge in [0.05, 0.1) is 5.56 Å². The van der Waals surface area contributed by atoms with Gasteiger partial charge in [-0.15, -0.1) is 0 Å². The average Bonchev–Trinajstić information content (AvgIpc) is 3.03. The van der Waals surface area contributed by atoms with Crippen molar-refractivity contribution in [2.24, 2.45) is 4.99 Å². The fourth-order valence-electron chi connectivity index (χ4n) is 3.56. The van der Waals surface area contributed by atoms with Gasteiger partial charge in [0.1, 0.15) is 5.82 Å². The minimum absolute atomic E-state index is 0.0477. The lowest BCUT2D eigenvalue weighted by Gasteiger charge is -2.22. The van der Waals surface area contributed by atoms with Crippen LogP contribution in [0.25, 0.3) is 0 Å². The summed E-state index contributed by atoms with van der Waals surface area (Å²) < 4.78 is 41.3. The van der Waals surface area contributed by atoms with Crippen molar-refractivity contribution in [2.75, 3.05) is 20.6 Å². The van der Waals surface area contributed by atoms with E-state index in [9.17, 15) is 18.0 Å². The van der Waals surface area contributed by atoms with Gasteiger partial charge in [-0.25, -0.2) is 9.48 Å². The van der Waals surface area contributed by atoms with Crippen molar-refractivity contribution >= 4 is 5.96 Å². The molecule has 0 saturated carbocycles. The summed E-state index contributed by atoms with van der Waals surface area (Å²) >= 11 is 0. The first kappa shape index (κ1) is 21.9. The number of rotatable bonds is 6. The molecule has 2 aromatic rings. The molecule has 1 aliphatic heterocycles. The largest absolute Gasteiger partial charge is 0.416 e. The summed E-state index contributed by atoms with van der Waals surface area (Å²) in [5.74, 6) is 1.50. The maximum Gasteiger partial charge on any atom is 0.416 e. The van der Waals surface area contributed by atoms with Crippen LogP contribution < -0.4 is 11.0 Å². The number of hydrogen-bond donors (Lipinski definition) is 1. The van der Waals surface area contributed by atoms with Gasteiger partial charge in [-0.1, -0.05) is 12.1 Å². The number of alkyl halides is 3. The molecule has 1 N–H and O–H groups in total. The van der Waals surface area contributed by atoms with Crippen LogP contribution in [0, 0.1) is 0 Å². The quantitative estimate of drug-likeness (QED) is 0.440. The Morgan fingerprint density at radius 3 is 2.63 bits per heavy atom. The maximum absolute atomic E-state index is 12.7. The molecule has 0 aliphatic carbocycles. The first-order valence-electron chi connectivity index (χ1n) is 10.0. The number of aliphatic imine (C=N–C) groups is 1. The van der Waals surface area contributed by atoms with Crippen molar-refractivity contribution in [3.8, 4) is 0 Å². The third-order valence-electron chi connectivity index (χ3n) is 5.14. The van der Waals surface area contributed by atoms with E-state index in [1.165, 1.54) is 16.8 Å². The van der Waals surface area contributed by atoms with Gasteiger partial charge in [0.25, 0.3) is 0 Å². The van der Waals surface area contributed by atoms with Crippen molar-refractivity contribution < 1.29 is 13.2 Å². The van der Waals surface area contributed by atoms with Crippen LogP contribution in [-0.2, 0) is 32.2 Å².